The molecular formula is C14H26N4O. The maximum Gasteiger partial charge on any atom is 0.231 e. The van der Waals surface area contributed by atoms with Gasteiger partial charge in [-0.05, 0) is 41.0 Å². The lowest BCUT2D eigenvalue weighted by atomic mass is 9.86. The van der Waals surface area contributed by atoms with Crippen LogP contribution in [-0.2, 0) is 4.79 Å². The predicted molar refractivity (Wildman–Crippen MR) is 78.2 cm³/mol. The van der Waals surface area contributed by atoms with Gasteiger partial charge in [0, 0.05) is 12.6 Å². The van der Waals surface area contributed by atoms with Crippen LogP contribution >= 0.6 is 0 Å². The Morgan fingerprint density at radius 3 is 2.42 bits per heavy atom. The van der Waals surface area contributed by atoms with Gasteiger partial charge in [0.25, 0.3) is 0 Å². The van der Waals surface area contributed by atoms with E-state index < -0.39 is 5.41 Å². The van der Waals surface area contributed by atoms with E-state index in [4.69, 9.17) is 5.73 Å². The Labute approximate surface area is 115 Å². The summed E-state index contributed by atoms with van der Waals surface area (Å²) in [6, 6.07) is 0.274. The van der Waals surface area contributed by atoms with Crippen molar-refractivity contribution in [2.75, 3.05) is 11.9 Å². The van der Waals surface area contributed by atoms with Crippen LogP contribution in [0.3, 0.4) is 0 Å². The molecule has 0 spiro atoms. The molecule has 1 aromatic rings. The number of amides is 1. The Bertz CT molecular complexity index is 458. The second kappa shape index (κ2) is 5.74. The smallest absolute Gasteiger partial charge is 0.231 e. The first-order valence-corrected chi connectivity index (χ1v) is 6.84. The second-order valence-electron chi connectivity index (χ2n) is 5.66. The van der Waals surface area contributed by atoms with Crippen LogP contribution in [0.1, 0.15) is 51.5 Å². The maximum atomic E-state index is 12.4. The molecule has 0 radical (unpaired) electrons. The number of nitrogens with one attached hydrogen (secondary N) is 1. The number of hydrogen-bond donors (Lipinski definition) is 2. The third-order valence-electron chi connectivity index (χ3n) is 3.83. The van der Waals surface area contributed by atoms with Crippen LogP contribution in [0.4, 0.5) is 5.69 Å². The summed E-state index contributed by atoms with van der Waals surface area (Å²) in [6.07, 6.45) is 0.714. The molecule has 0 aliphatic rings. The van der Waals surface area contributed by atoms with Gasteiger partial charge in [-0.1, -0.05) is 6.92 Å². The topological polar surface area (TPSA) is 72.9 Å². The molecule has 3 N–H and O–H groups in total. The number of nitrogens with two attached hydrogens (primary N) is 1. The number of nitrogens with zero attached hydrogens (tertiary/aromatic N) is 2. The van der Waals surface area contributed by atoms with Crippen molar-refractivity contribution in [3.63, 3.8) is 0 Å². The Balaban J connectivity index is 3.04. The average Bonchev–Trinajstić information content (AvgIpc) is 2.65. The summed E-state index contributed by atoms with van der Waals surface area (Å²) in [7, 11) is 0. The maximum absolute atomic E-state index is 12.4. The number of carbonyl (C=O) groups is 1. The number of anilines is 1. The van der Waals surface area contributed by atoms with Gasteiger partial charge in [-0.15, -0.1) is 0 Å². The first-order chi connectivity index (χ1) is 8.76. The lowest BCUT2D eigenvalue weighted by molar-refractivity contribution is -0.124. The number of carbonyl (C=O) groups excluding carboxylic acids is 1. The average molecular weight is 266 g/mol. The summed E-state index contributed by atoms with van der Waals surface area (Å²) in [5.41, 5.74) is 7.83. The standard InChI is InChI=1S/C14H26N4O/c1-7-14(6,8-15)13(19)16-12-10(4)17-18(9(2)3)11(12)5/h9H,7-8,15H2,1-6H3,(H,16,19). The molecule has 0 aliphatic heterocycles. The van der Waals surface area contributed by atoms with Gasteiger partial charge in [0.1, 0.15) is 0 Å². The van der Waals surface area contributed by atoms with E-state index in [9.17, 15) is 4.79 Å². The number of hydrogen-bond acceptors (Lipinski definition) is 3. The van der Waals surface area contributed by atoms with E-state index in [2.05, 4.69) is 24.3 Å². The van der Waals surface area contributed by atoms with Crippen LogP contribution in [0.15, 0.2) is 0 Å². The molecule has 108 valence electrons. The van der Waals surface area contributed by atoms with Gasteiger partial charge in [-0.3, -0.25) is 9.48 Å². The fourth-order valence-electron chi connectivity index (χ4n) is 2.01. The summed E-state index contributed by atoms with van der Waals surface area (Å²) >= 11 is 0. The van der Waals surface area contributed by atoms with E-state index in [0.29, 0.717) is 13.0 Å². The van der Waals surface area contributed by atoms with E-state index in [-0.39, 0.29) is 11.9 Å². The zero-order chi connectivity index (χ0) is 14.8. The molecule has 0 fully saturated rings. The fraction of sp³-hybridized carbons (Fsp3) is 0.714. The summed E-state index contributed by atoms with van der Waals surface area (Å²) in [4.78, 5) is 12.4. The molecule has 1 amide bonds. The molecule has 0 saturated carbocycles. The van der Waals surface area contributed by atoms with Crippen LogP contribution in [-0.4, -0.2) is 22.2 Å². The van der Waals surface area contributed by atoms with E-state index >= 15 is 0 Å². The minimum absolute atomic E-state index is 0.0352. The van der Waals surface area contributed by atoms with Crippen molar-refractivity contribution in [2.45, 2.75) is 54.0 Å². The van der Waals surface area contributed by atoms with Crippen molar-refractivity contribution in [2.24, 2.45) is 11.1 Å². The van der Waals surface area contributed by atoms with Gasteiger partial charge < -0.3 is 11.1 Å². The molecule has 1 aromatic heterocycles. The van der Waals surface area contributed by atoms with E-state index in [1.54, 1.807) is 0 Å². The Morgan fingerprint density at radius 2 is 2.05 bits per heavy atom. The van der Waals surface area contributed by atoms with Crippen LogP contribution in [0, 0.1) is 19.3 Å². The van der Waals surface area contributed by atoms with E-state index in [1.807, 2.05) is 32.4 Å². The van der Waals surface area contributed by atoms with Gasteiger partial charge >= 0.3 is 0 Å². The zero-order valence-electron chi connectivity index (χ0n) is 12.9. The Morgan fingerprint density at radius 1 is 1.47 bits per heavy atom. The normalized spacial score (nSPS) is 14.5. The molecule has 0 saturated heterocycles. The molecule has 0 aliphatic carbocycles. The summed E-state index contributed by atoms with van der Waals surface area (Å²) < 4.78 is 1.93. The highest BCUT2D eigenvalue weighted by molar-refractivity contribution is 5.96. The van der Waals surface area contributed by atoms with Crippen molar-refractivity contribution in [3.8, 4) is 0 Å². The van der Waals surface area contributed by atoms with Gasteiger partial charge in [0.2, 0.25) is 5.91 Å². The van der Waals surface area contributed by atoms with Gasteiger partial charge in [-0.25, -0.2) is 0 Å². The highest BCUT2D eigenvalue weighted by atomic mass is 16.2. The van der Waals surface area contributed by atoms with E-state index in [1.165, 1.54) is 0 Å². The summed E-state index contributed by atoms with van der Waals surface area (Å²) in [6.45, 7) is 12.2. The number of aryl methyl sites for hydroxylation is 1. The van der Waals surface area contributed by atoms with Crippen molar-refractivity contribution in [1.82, 2.24) is 9.78 Å². The van der Waals surface area contributed by atoms with Crippen LogP contribution in [0.2, 0.25) is 0 Å². The number of rotatable bonds is 5. The fourth-order valence-corrected chi connectivity index (χ4v) is 2.01. The van der Waals surface area contributed by atoms with Crippen molar-refractivity contribution in [1.29, 1.82) is 0 Å². The molecule has 1 rings (SSSR count). The minimum atomic E-state index is -0.529. The summed E-state index contributed by atoms with van der Waals surface area (Å²) in [5.74, 6) is -0.0352. The Kier molecular flexibility index (Phi) is 4.74. The largest absolute Gasteiger partial charge is 0.329 e. The third-order valence-corrected chi connectivity index (χ3v) is 3.83. The first-order valence-electron chi connectivity index (χ1n) is 6.84. The van der Waals surface area contributed by atoms with Gasteiger partial charge in [0.15, 0.2) is 0 Å². The van der Waals surface area contributed by atoms with Gasteiger partial charge in [-0.2, -0.15) is 5.10 Å². The molecule has 1 heterocycles. The molecular weight excluding hydrogens is 240 g/mol. The van der Waals surface area contributed by atoms with E-state index in [0.717, 1.165) is 17.1 Å². The lowest BCUT2D eigenvalue weighted by Crippen LogP contribution is -2.39. The minimum Gasteiger partial charge on any atom is -0.329 e. The molecule has 1 unspecified atom stereocenters. The lowest BCUT2D eigenvalue weighted by Gasteiger charge is -2.25. The number of aromatic nitrogens is 2. The highest BCUT2D eigenvalue weighted by Crippen LogP contribution is 2.26. The SMILES string of the molecule is CCC(C)(CN)C(=O)Nc1c(C)nn(C(C)C)c1C. The van der Waals surface area contributed by atoms with Crippen LogP contribution < -0.4 is 11.1 Å². The zero-order valence-corrected chi connectivity index (χ0v) is 12.9. The molecule has 0 aromatic carbocycles. The Hall–Kier alpha value is -1.36. The van der Waals surface area contributed by atoms with Crippen molar-refractivity contribution in [3.05, 3.63) is 11.4 Å². The quantitative estimate of drug-likeness (QED) is 0.859. The highest BCUT2D eigenvalue weighted by Gasteiger charge is 2.31. The molecule has 19 heavy (non-hydrogen) atoms. The summed E-state index contributed by atoms with van der Waals surface area (Å²) in [5, 5.41) is 7.46. The molecule has 1 atom stereocenters. The molecule has 5 nitrogen and oxygen atoms in total. The predicted octanol–water partition coefficient (Wildman–Crippen LogP) is 2.39. The second-order valence-corrected chi connectivity index (χ2v) is 5.66. The van der Waals surface area contributed by atoms with Gasteiger partial charge in [0.05, 0.1) is 22.5 Å². The van der Waals surface area contributed by atoms with Crippen molar-refractivity contribution >= 4 is 11.6 Å². The molecule has 0 bridgehead atoms. The van der Waals surface area contributed by atoms with Crippen LogP contribution in [0.5, 0.6) is 0 Å². The molecule has 5 heteroatoms. The van der Waals surface area contributed by atoms with Crippen molar-refractivity contribution < 1.29 is 4.79 Å². The third kappa shape index (κ3) is 2.97. The first kappa shape index (κ1) is 15.7. The van der Waals surface area contributed by atoms with Crippen LogP contribution in [0.25, 0.3) is 0 Å². The monoisotopic (exact) mass is 266 g/mol.